The minimum atomic E-state index is -4.56. The third-order valence-corrected chi connectivity index (χ3v) is 10.1. The van der Waals surface area contributed by atoms with Gasteiger partial charge in [0.25, 0.3) is 5.91 Å². The molecule has 1 aromatic heterocycles. The van der Waals surface area contributed by atoms with Gasteiger partial charge in [0.05, 0.1) is 23.5 Å². The predicted molar refractivity (Wildman–Crippen MR) is 178 cm³/mol. The minimum absolute atomic E-state index is 0.0186. The fraction of sp³-hybridized carbons (Fsp3) is 0.618. The van der Waals surface area contributed by atoms with E-state index in [1.807, 2.05) is 0 Å². The zero-order chi connectivity index (χ0) is 37.8. The number of rotatable bonds is 11. The van der Waals surface area contributed by atoms with Gasteiger partial charge >= 0.3 is 12.2 Å². The number of hydrogen-bond acceptors (Lipinski definition) is 9. The fourth-order valence-corrected chi connectivity index (χ4v) is 7.36. The number of nitrogens with two attached hydrogens (primary N) is 1. The van der Waals surface area contributed by atoms with Crippen LogP contribution in [-0.4, -0.2) is 91.9 Å². The first kappa shape index (κ1) is 38.6. The molecular weight excluding hydrogens is 689 g/mol. The number of ether oxygens (including phenoxy) is 1. The first-order valence-corrected chi connectivity index (χ1v) is 17.4. The van der Waals surface area contributed by atoms with E-state index >= 15 is 0 Å². The van der Waals surface area contributed by atoms with Crippen molar-refractivity contribution in [3.8, 4) is 0 Å². The number of nitrogens with one attached hydrogen (secondary N) is 3. The number of carbonyl (C=O) groups excluding carboxylic acids is 5. The van der Waals surface area contributed by atoms with Gasteiger partial charge in [0.2, 0.25) is 17.6 Å². The highest BCUT2D eigenvalue weighted by Gasteiger charge is 2.49. The van der Waals surface area contributed by atoms with Gasteiger partial charge in [-0.3, -0.25) is 19.2 Å². The van der Waals surface area contributed by atoms with Crippen LogP contribution in [0.2, 0.25) is 0 Å². The van der Waals surface area contributed by atoms with Crippen molar-refractivity contribution in [1.29, 1.82) is 0 Å². The zero-order valence-electron chi connectivity index (χ0n) is 29.1. The zero-order valence-corrected chi connectivity index (χ0v) is 29.1. The van der Waals surface area contributed by atoms with Gasteiger partial charge in [0, 0.05) is 44.7 Å². The summed E-state index contributed by atoms with van der Waals surface area (Å²) < 4.78 is 46.1. The number of alkyl halides is 3. The summed E-state index contributed by atoms with van der Waals surface area (Å²) in [6, 6.07) is -0.0158. The molecule has 5 amide bonds. The number of halogens is 3. The Kier molecular flexibility index (Phi) is 11.6. The summed E-state index contributed by atoms with van der Waals surface area (Å²) in [4.78, 5) is 68.5. The maximum atomic E-state index is 14.6. The highest BCUT2D eigenvalue weighted by molar-refractivity contribution is 6.39. The Balaban J connectivity index is 1.44. The van der Waals surface area contributed by atoms with Crippen LogP contribution in [0.15, 0.2) is 30.5 Å². The lowest BCUT2D eigenvalue weighted by Crippen LogP contribution is -2.64. The normalized spacial score (nSPS) is 21.6. The van der Waals surface area contributed by atoms with Crippen molar-refractivity contribution in [2.45, 2.75) is 107 Å². The van der Waals surface area contributed by atoms with E-state index in [-0.39, 0.29) is 57.0 Å². The van der Waals surface area contributed by atoms with Crippen LogP contribution >= 0.6 is 0 Å². The number of anilines is 1. The molecule has 0 radical (unpaired) electrons. The van der Waals surface area contributed by atoms with E-state index in [0.717, 1.165) is 56.4 Å². The molecule has 6 N–H and O–H groups in total. The Labute approximate surface area is 298 Å². The number of ketones is 1. The van der Waals surface area contributed by atoms with Gasteiger partial charge in [-0.05, 0) is 50.5 Å². The van der Waals surface area contributed by atoms with Crippen LogP contribution in [0.5, 0.6) is 0 Å². The predicted octanol–water partition coefficient (Wildman–Crippen LogP) is 2.55. The van der Waals surface area contributed by atoms with Crippen molar-refractivity contribution < 1.29 is 47.0 Å². The van der Waals surface area contributed by atoms with Crippen molar-refractivity contribution in [3.63, 3.8) is 0 Å². The van der Waals surface area contributed by atoms with Crippen LogP contribution in [0, 0.1) is 5.92 Å². The molecule has 5 rings (SSSR count). The van der Waals surface area contributed by atoms with Crippen LogP contribution in [0.3, 0.4) is 0 Å². The van der Waals surface area contributed by atoms with Crippen LogP contribution < -0.4 is 21.7 Å². The molecule has 1 aromatic carbocycles. The average Bonchev–Trinajstić information content (AvgIpc) is 3.77. The number of aliphatic hydroxyl groups is 1. The molecule has 1 aliphatic carbocycles. The number of nitrogens with zero attached hydrogens (tertiary/aromatic N) is 4. The number of aromatic nitrogens is 3. The summed E-state index contributed by atoms with van der Waals surface area (Å²) in [6.45, 7) is 3.13. The molecule has 1 unspecified atom stereocenters. The summed E-state index contributed by atoms with van der Waals surface area (Å²) >= 11 is 0. The SMILES string of the molecule is CC(C)(O)c1cnnn1[C@H]1C[C@@H](C(=O)NC2(C(=O)C(N)=O)CCOCC2)N(C(=O)C(CC2CCCCC2)NC(=O)Nc2ccc(C(F)(F)F)cc2)C1. The first-order chi connectivity index (χ1) is 24.5. The number of urea groups is 1. The number of Topliss-reactive ketones (excluding diaryl/α,β-unsaturated/α-hetero) is 1. The van der Waals surface area contributed by atoms with E-state index in [1.54, 1.807) is 0 Å². The Morgan fingerprint density at radius 1 is 1.06 bits per heavy atom. The maximum Gasteiger partial charge on any atom is 0.416 e. The van der Waals surface area contributed by atoms with Gasteiger partial charge < -0.3 is 36.4 Å². The second kappa shape index (κ2) is 15.6. The number of primary amides is 1. The van der Waals surface area contributed by atoms with Gasteiger partial charge in [-0.2, -0.15) is 13.2 Å². The first-order valence-electron chi connectivity index (χ1n) is 17.4. The summed E-state index contributed by atoms with van der Waals surface area (Å²) in [5.41, 5.74) is 1.83. The van der Waals surface area contributed by atoms with Crippen molar-refractivity contribution >= 4 is 35.2 Å². The highest BCUT2D eigenvalue weighted by Crippen LogP contribution is 2.35. The molecule has 1 saturated carbocycles. The minimum Gasteiger partial charge on any atom is -0.384 e. The molecule has 18 heteroatoms. The molecule has 0 spiro atoms. The third kappa shape index (κ3) is 8.89. The van der Waals surface area contributed by atoms with Gasteiger partial charge in [-0.1, -0.05) is 37.3 Å². The average molecular weight is 735 g/mol. The molecule has 0 bridgehead atoms. The largest absolute Gasteiger partial charge is 0.416 e. The van der Waals surface area contributed by atoms with E-state index < -0.39 is 70.5 Å². The van der Waals surface area contributed by atoms with Crippen molar-refractivity contribution in [2.75, 3.05) is 25.1 Å². The Morgan fingerprint density at radius 2 is 1.71 bits per heavy atom. The number of likely N-dealkylation sites (tertiary alicyclic amines) is 1. The van der Waals surface area contributed by atoms with Gasteiger partial charge in [0.1, 0.15) is 23.2 Å². The molecule has 3 heterocycles. The molecular formula is C34H45F3N8O7. The summed E-state index contributed by atoms with van der Waals surface area (Å²) in [7, 11) is 0. The second-order valence-electron chi connectivity index (χ2n) is 14.4. The quantitative estimate of drug-likeness (QED) is 0.215. The summed E-state index contributed by atoms with van der Waals surface area (Å²) in [5, 5.41) is 26.8. The smallest absolute Gasteiger partial charge is 0.384 e. The molecule has 2 aliphatic heterocycles. The van der Waals surface area contributed by atoms with E-state index in [4.69, 9.17) is 10.5 Å². The van der Waals surface area contributed by atoms with Crippen LogP contribution in [-0.2, 0) is 35.7 Å². The summed E-state index contributed by atoms with van der Waals surface area (Å²) in [5.74, 6) is -3.50. The molecule has 2 saturated heterocycles. The Hall–Kier alpha value is -4.58. The van der Waals surface area contributed by atoms with Crippen LogP contribution in [0.1, 0.15) is 88.9 Å². The van der Waals surface area contributed by atoms with E-state index in [9.17, 15) is 42.3 Å². The van der Waals surface area contributed by atoms with Crippen LogP contribution in [0.25, 0.3) is 0 Å². The monoisotopic (exact) mass is 734 g/mol. The van der Waals surface area contributed by atoms with E-state index in [1.165, 1.54) is 29.6 Å². The van der Waals surface area contributed by atoms with Crippen molar-refractivity contribution in [1.82, 2.24) is 30.5 Å². The van der Waals surface area contributed by atoms with Crippen molar-refractivity contribution in [2.24, 2.45) is 11.7 Å². The van der Waals surface area contributed by atoms with Gasteiger partial charge in [-0.15, -0.1) is 5.10 Å². The van der Waals surface area contributed by atoms with E-state index in [2.05, 4.69) is 26.3 Å². The lowest BCUT2D eigenvalue weighted by Gasteiger charge is -2.37. The van der Waals surface area contributed by atoms with Crippen molar-refractivity contribution in [3.05, 3.63) is 41.7 Å². The maximum absolute atomic E-state index is 14.6. The summed E-state index contributed by atoms with van der Waals surface area (Å²) in [6.07, 6.45) is 1.51. The lowest BCUT2D eigenvalue weighted by molar-refractivity contribution is -0.147. The highest BCUT2D eigenvalue weighted by atomic mass is 19.4. The molecule has 15 nitrogen and oxygen atoms in total. The number of hydrogen-bond donors (Lipinski definition) is 5. The third-order valence-electron chi connectivity index (χ3n) is 10.1. The Morgan fingerprint density at radius 3 is 2.31 bits per heavy atom. The molecule has 3 fully saturated rings. The molecule has 284 valence electrons. The second-order valence-corrected chi connectivity index (χ2v) is 14.4. The fourth-order valence-electron chi connectivity index (χ4n) is 7.36. The van der Waals surface area contributed by atoms with Crippen LogP contribution in [0.4, 0.5) is 23.7 Å². The van der Waals surface area contributed by atoms with Gasteiger partial charge in [-0.25, -0.2) is 9.48 Å². The Bertz CT molecular complexity index is 1630. The number of benzene rings is 1. The number of amides is 5. The molecule has 3 aliphatic rings. The van der Waals surface area contributed by atoms with Gasteiger partial charge in [0.15, 0.2) is 0 Å². The standard InChI is InChI=1S/C34H45F3N8O7/c1-32(2,51)26-18-39-43-45(26)23-17-25(29(48)42-33(27(46)28(38)47)12-14-52-15-13-33)44(19-23)30(49)24(16-20-6-4-3-5-7-20)41-31(50)40-22-10-8-21(9-11-22)34(35,36)37/h8-11,18,20,23-25,51H,3-7,12-17,19H2,1-2H3,(H2,38,47)(H,42,48)(H2,40,41,50)/t23-,24?,25-/m0/s1. The molecule has 3 atom stereocenters. The topological polar surface area (TPSA) is 211 Å². The van der Waals surface area contributed by atoms with E-state index in [0.29, 0.717) is 5.69 Å². The molecule has 52 heavy (non-hydrogen) atoms. The number of carbonyl (C=O) groups is 5. The molecule has 2 aromatic rings. The lowest BCUT2D eigenvalue weighted by atomic mass is 9.84.